The number of nitrogens with zero attached hydrogens (tertiary/aromatic N) is 1. The maximum absolute atomic E-state index is 13.2. The van der Waals surface area contributed by atoms with Crippen LogP contribution in [0.15, 0.2) is 54.9 Å². The smallest absolute Gasteiger partial charge is 0.226 e. The molecule has 1 aliphatic carbocycles. The van der Waals surface area contributed by atoms with Gasteiger partial charge in [-0.15, -0.1) is 0 Å². The molecule has 3 rings (SSSR count). The van der Waals surface area contributed by atoms with Crippen molar-refractivity contribution in [3.8, 4) is 0 Å². The quantitative estimate of drug-likeness (QED) is 0.711. The summed E-state index contributed by atoms with van der Waals surface area (Å²) in [7, 11) is -3.63. The van der Waals surface area contributed by atoms with Gasteiger partial charge in [-0.2, -0.15) is 0 Å². The number of amides is 1. The standard InChI is InChI=1S/C21H27N3O3S/c25-20(24-19-10-7-14-22-17-19)16-21(12-5-2-6-13-21)28(26,27)23-15-11-18-8-3-1-4-9-18/h1,3-4,7-10,14,17,23H,2,5-6,11-13,15-16H2,(H,24,25). The minimum Gasteiger partial charge on any atom is -0.325 e. The monoisotopic (exact) mass is 401 g/mol. The molecule has 1 fully saturated rings. The summed E-state index contributed by atoms with van der Waals surface area (Å²) in [6.45, 7) is 0.332. The van der Waals surface area contributed by atoms with Crippen LogP contribution in [0.5, 0.6) is 0 Å². The van der Waals surface area contributed by atoms with Crippen LogP contribution < -0.4 is 10.0 Å². The SMILES string of the molecule is O=C(CC1(S(=O)(=O)NCCc2ccccc2)CCCCC1)Nc1cccnc1. The second-order valence-electron chi connectivity index (χ2n) is 7.34. The molecule has 0 aliphatic heterocycles. The van der Waals surface area contributed by atoms with E-state index in [0.29, 0.717) is 31.5 Å². The molecule has 7 heteroatoms. The Morgan fingerprint density at radius 1 is 1.04 bits per heavy atom. The van der Waals surface area contributed by atoms with Gasteiger partial charge >= 0.3 is 0 Å². The maximum Gasteiger partial charge on any atom is 0.226 e. The van der Waals surface area contributed by atoms with Crippen LogP contribution in [-0.4, -0.2) is 30.6 Å². The van der Waals surface area contributed by atoms with E-state index in [2.05, 4.69) is 15.0 Å². The first-order chi connectivity index (χ1) is 13.5. The summed E-state index contributed by atoms with van der Waals surface area (Å²) in [4.78, 5) is 16.6. The van der Waals surface area contributed by atoms with E-state index in [9.17, 15) is 13.2 Å². The molecule has 1 aliphatic rings. The normalized spacial score (nSPS) is 16.4. The average molecular weight is 402 g/mol. The molecule has 1 heterocycles. The number of rotatable bonds is 8. The molecule has 150 valence electrons. The summed E-state index contributed by atoms with van der Waals surface area (Å²) < 4.78 is 28.1. The van der Waals surface area contributed by atoms with Crippen molar-refractivity contribution in [2.24, 2.45) is 0 Å². The van der Waals surface area contributed by atoms with Crippen LogP contribution in [0, 0.1) is 0 Å². The van der Waals surface area contributed by atoms with Gasteiger partial charge in [0.05, 0.1) is 16.6 Å². The summed E-state index contributed by atoms with van der Waals surface area (Å²) in [5.74, 6) is -0.289. The number of pyridine rings is 1. The van der Waals surface area contributed by atoms with E-state index in [1.807, 2.05) is 30.3 Å². The van der Waals surface area contributed by atoms with Crippen molar-refractivity contribution in [1.29, 1.82) is 0 Å². The zero-order valence-corrected chi connectivity index (χ0v) is 16.7. The molecule has 1 aromatic heterocycles. The van der Waals surface area contributed by atoms with E-state index >= 15 is 0 Å². The predicted octanol–water partition coefficient (Wildman–Crippen LogP) is 3.28. The first-order valence-corrected chi connectivity index (χ1v) is 11.2. The molecule has 1 amide bonds. The van der Waals surface area contributed by atoms with Gasteiger partial charge in [0.2, 0.25) is 15.9 Å². The van der Waals surface area contributed by atoms with E-state index in [-0.39, 0.29) is 12.3 Å². The van der Waals surface area contributed by atoms with Crippen LogP contribution in [0.1, 0.15) is 44.1 Å². The minimum absolute atomic E-state index is 0.0391. The number of carbonyl (C=O) groups excluding carboxylic acids is 1. The predicted molar refractivity (Wildman–Crippen MR) is 110 cm³/mol. The highest BCUT2D eigenvalue weighted by Crippen LogP contribution is 2.38. The largest absolute Gasteiger partial charge is 0.325 e. The summed E-state index contributed by atoms with van der Waals surface area (Å²) in [5, 5.41) is 2.77. The molecule has 0 radical (unpaired) electrons. The highest BCUT2D eigenvalue weighted by molar-refractivity contribution is 7.90. The van der Waals surface area contributed by atoms with Crippen LogP contribution in [-0.2, 0) is 21.2 Å². The number of hydrogen-bond donors (Lipinski definition) is 2. The highest BCUT2D eigenvalue weighted by atomic mass is 32.2. The first-order valence-electron chi connectivity index (χ1n) is 9.74. The van der Waals surface area contributed by atoms with Gasteiger partial charge in [-0.05, 0) is 37.0 Å². The van der Waals surface area contributed by atoms with Crippen LogP contribution >= 0.6 is 0 Å². The lowest BCUT2D eigenvalue weighted by Crippen LogP contribution is -2.50. The van der Waals surface area contributed by atoms with Crippen LogP contribution in [0.25, 0.3) is 0 Å². The number of nitrogens with one attached hydrogen (secondary N) is 2. The Balaban J connectivity index is 1.67. The van der Waals surface area contributed by atoms with E-state index in [0.717, 1.165) is 24.8 Å². The fourth-order valence-electron chi connectivity index (χ4n) is 3.80. The fourth-order valence-corrected chi connectivity index (χ4v) is 5.62. The Bertz CT molecular complexity index is 864. The lowest BCUT2D eigenvalue weighted by Gasteiger charge is -2.36. The molecule has 0 saturated heterocycles. The van der Waals surface area contributed by atoms with E-state index in [1.54, 1.807) is 24.5 Å². The highest BCUT2D eigenvalue weighted by Gasteiger charge is 2.45. The van der Waals surface area contributed by atoms with E-state index < -0.39 is 14.8 Å². The van der Waals surface area contributed by atoms with E-state index in [4.69, 9.17) is 0 Å². The van der Waals surface area contributed by atoms with Gasteiger partial charge in [-0.1, -0.05) is 49.6 Å². The summed E-state index contributed by atoms with van der Waals surface area (Å²) in [5.41, 5.74) is 1.66. The lowest BCUT2D eigenvalue weighted by molar-refractivity contribution is -0.117. The molecule has 6 nitrogen and oxygen atoms in total. The van der Waals surface area contributed by atoms with E-state index in [1.165, 1.54) is 0 Å². The van der Waals surface area contributed by atoms with Gasteiger partial charge in [-0.25, -0.2) is 13.1 Å². The molecule has 0 bridgehead atoms. The Hall–Kier alpha value is -2.25. The molecular weight excluding hydrogens is 374 g/mol. The van der Waals surface area contributed by atoms with Crippen LogP contribution in [0.4, 0.5) is 5.69 Å². The molecule has 0 spiro atoms. The third-order valence-electron chi connectivity index (χ3n) is 5.31. The van der Waals surface area contributed by atoms with Crippen molar-refractivity contribution >= 4 is 21.6 Å². The molecule has 0 unspecified atom stereocenters. The van der Waals surface area contributed by atoms with Crippen LogP contribution in [0.3, 0.4) is 0 Å². The molecule has 1 saturated carbocycles. The first kappa shape index (κ1) is 20.5. The molecule has 1 aromatic carbocycles. The lowest BCUT2D eigenvalue weighted by atomic mass is 9.85. The van der Waals surface area contributed by atoms with Crippen molar-refractivity contribution < 1.29 is 13.2 Å². The maximum atomic E-state index is 13.2. The van der Waals surface area contributed by atoms with Gasteiger partial charge in [0.1, 0.15) is 0 Å². The topological polar surface area (TPSA) is 88.2 Å². The van der Waals surface area contributed by atoms with Crippen molar-refractivity contribution in [3.05, 3.63) is 60.4 Å². The Kier molecular flexibility index (Phi) is 6.80. The minimum atomic E-state index is -3.63. The summed E-state index contributed by atoms with van der Waals surface area (Å²) in [6, 6.07) is 13.2. The number of anilines is 1. The van der Waals surface area contributed by atoms with Gasteiger partial charge in [-0.3, -0.25) is 9.78 Å². The number of carbonyl (C=O) groups is 1. The zero-order chi connectivity index (χ0) is 19.9. The molecule has 0 atom stereocenters. The second kappa shape index (κ2) is 9.30. The van der Waals surface area contributed by atoms with Crippen molar-refractivity contribution in [2.45, 2.75) is 49.7 Å². The third kappa shape index (κ3) is 5.17. The Morgan fingerprint density at radius 2 is 1.79 bits per heavy atom. The number of benzene rings is 1. The zero-order valence-electron chi connectivity index (χ0n) is 15.9. The number of aromatic nitrogens is 1. The Morgan fingerprint density at radius 3 is 2.46 bits per heavy atom. The van der Waals surface area contributed by atoms with Gasteiger partial charge in [0, 0.05) is 19.2 Å². The molecule has 2 aromatic rings. The number of hydrogen-bond acceptors (Lipinski definition) is 4. The van der Waals surface area contributed by atoms with Crippen molar-refractivity contribution in [1.82, 2.24) is 9.71 Å². The van der Waals surface area contributed by atoms with Gasteiger partial charge < -0.3 is 5.32 Å². The average Bonchev–Trinajstić information content (AvgIpc) is 2.70. The van der Waals surface area contributed by atoms with Crippen LogP contribution in [0.2, 0.25) is 0 Å². The van der Waals surface area contributed by atoms with Gasteiger partial charge in [0.25, 0.3) is 0 Å². The van der Waals surface area contributed by atoms with Crippen molar-refractivity contribution in [3.63, 3.8) is 0 Å². The number of sulfonamides is 1. The molecule has 2 N–H and O–H groups in total. The third-order valence-corrected chi connectivity index (χ3v) is 7.59. The summed E-state index contributed by atoms with van der Waals surface area (Å²) in [6.07, 6.45) is 7.42. The fraction of sp³-hybridized carbons (Fsp3) is 0.429. The Labute approximate surface area is 166 Å². The molecule has 28 heavy (non-hydrogen) atoms. The van der Waals surface area contributed by atoms with Gasteiger partial charge in [0.15, 0.2) is 0 Å². The summed E-state index contributed by atoms with van der Waals surface area (Å²) >= 11 is 0. The second-order valence-corrected chi connectivity index (χ2v) is 9.51. The van der Waals surface area contributed by atoms with Crippen molar-refractivity contribution in [2.75, 3.05) is 11.9 Å². The molecular formula is C21H27N3O3S.